The minimum Gasteiger partial charge on any atom is -0.466 e. The fourth-order valence-electron chi connectivity index (χ4n) is 3.13. The number of ether oxygens (including phenoxy) is 1. The average Bonchev–Trinajstić information content (AvgIpc) is 3.19. The number of likely N-dealkylation sites (tertiary alicyclic amines) is 1. The highest BCUT2D eigenvalue weighted by Gasteiger charge is 2.43. The Labute approximate surface area is 151 Å². The number of amides is 1. The largest absolute Gasteiger partial charge is 0.466 e. The number of benzene rings is 1. The molecule has 25 heavy (non-hydrogen) atoms. The number of rotatable bonds is 4. The molecule has 1 atom stereocenters. The van der Waals surface area contributed by atoms with Crippen molar-refractivity contribution in [1.82, 2.24) is 14.5 Å². The first-order valence-corrected chi connectivity index (χ1v) is 8.69. The van der Waals surface area contributed by atoms with E-state index in [1.54, 1.807) is 22.6 Å². The Morgan fingerprint density at radius 1 is 1.32 bits per heavy atom. The lowest BCUT2D eigenvalue weighted by molar-refractivity contribution is -0.153. The first-order chi connectivity index (χ1) is 12.0. The SMILES string of the molecule is CCOC(=O)[C@@]1(C)CCN(C(=O)c2c[nH]c(=S)n2-c2ccccc2)C1. The number of H-pyrrole nitrogens is 1. The molecule has 0 aliphatic carbocycles. The summed E-state index contributed by atoms with van der Waals surface area (Å²) in [6.45, 7) is 4.83. The summed E-state index contributed by atoms with van der Waals surface area (Å²) in [5.41, 5.74) is 0.629. The molecule has 1 aromatic heterocycles. The number of nitrogens with one attached hydrogen (secondary N) is 1. The maximum absolute atomic E-state index is 13.0. The van der Waals surface area contributed by atoms with Crippen LogP contribution in [0.1, 0.15) is 30.8 Å². The molecule has 2 heterocycles. The molecule has 1 amide bonds. The molecule has 132 valence electrons. The second-order valence-corrected chi connectivity index (χ2v) is 6.79. The highest BCUT2D eigenvalue weighted by Crippen LogP contribution is 2.32. The Bertz CT molecular complexity index is 843. The second kappa shape index (κ2) is 6.84. The number of hydrogen-bond acceptors (Lipinski definition) is 4. The van der Waals surface area contributed by atoms with E-state index in [9.17, 15) is 9.59 Å². The number of carbonyl (C=O) groups excluding carboxylic acids is 2. The van der Waals surface area contributed by atoms with Gasteiger partial charge >= 0.3 is 5.97 Å². The van der Waals surface area contributed by atoms with Gasteiger partial charge in [-0.05, 0) is 44.6 Å². The molecule has 1 saturated heterocycles. The van der Waals surface area contributed by atoms with E-state index in [1.165, 1.54) is 0 Å². The molecule has 2 aromatic rings. The van der Waals surface area contributed by atoms with Crippen LogP contribution in [0.25, 0.3) is 5.69 Å². The van der Waals surface area contributed by atoms with E-state index in [0.29, 0.717) is 36.6 Å². The summed E-state index contributed by atoms with van der Waals surface area (Å²) in [7, 11) is 0. The number of hydrogen-bond donors (Lipinski definition) is 1. The van der Waals surface area contributed by atoms with E-state index < -0.39 is 5.41 Å². The third kappa shape index (κ3) is 3.24. The monoisotopic (exact) mass is 359 g/mol. The molecule has 1 N–H and O–H groups in total. The van der Waals surface area contributed by atoms with Crippen LogP contribution in [-0.2, 0) is 9.53 Å². The zero-order valence-corrected chi connectivity index (χ0v) is 15.1. The van der Waals surface area contributed by atoms with Crippen LogP contribution in [0, 0.1) is 10.2 Å². The predicted molar refractivity (Wildman–Crippen MR) is 96.2 cm³/mol. The van der Waals surface area contributed by atoms with Gasteiger partial charge in [0, 0.05) is 25.0 Å². The Kier molecular flexibility index (Phi) is 4.76. The molecule has 0 radical (unpaired) electrons. The summed E-state index contributed by atoms with van der Waals surface area (Å²) in [5, 5.41) is 0. The summed E-state index contributed by atoms with van der Waals surface area (Å²) in [4.78, 5) is 29.8. The fourth-order valence-corrected chi connectivity index (χ4v) is 3.39. The maximum Gasteiger partial charge on any atom is 0.313 e. The molecular weight excluding hydrogens is 338 g/mol. The Morgan fingerprint density at radius 2 is 2.04 bits per heavy atom. The van der Waals surface area contributed by atoms with Crippen LogP contribution < -0.4 is 0 Å². The van der Waals surface area contributed by atoms with Gasteiger partial charge in [0.15, 0.2) is 4.77 Å². The molecule has 0 bridgehead atoms. The lowest BCUT2D eigenvalue weighted by atomic mass is 9.90. The average molecular weight is 359 g/mol. The van der Waals surface area contributed by atoms with Gasteiger partial charge in [0.05, 0.1) is 12.0 Å². The highest BCUT2D eigenvalue weighted by molar-refractivity contribution is 7.71. The van der Waals surface area contributed by atoms with Crippen molar-refractivity contribution in [3.8, 4) is 5.69 Å². The summed E-state index contributed by atoms with van der Waals surface area (Å²) >= 11 is 5.33. The normalized spacial score (nSPS) is 19.8. The Hall–Kier alpha value is -2.41. The van der Waals surface area contributed by atoms with Gasteiger partial charge in [0.25, 0.3) is 5.91 Å². The van der Waals surface area contributed by atoms with Gasteiger partial charge < -0.3 is 14.6 Å². The lowest BCUT2D eigenvalue weighted by Crippen LogP contribution is -2.36. The van der Waals surface area contributed by atoms with Crippen molar-refractivity contribution in [2.75, 3.05) is 19.7 Å². The zero-order valence-electron chi connectivity index (χ0n) is 14.3. The molecule has 0 spiro atoms. The maximum atomic E-state index is 13.0. The number of carbonyl (C=O) groups is 2. The zero-order chi connectivity index (χ0) is 18.0. The second-order valence-electron chi connectivity index (χ2n) is 6.41. The van der Waals surface area contributed by atoms with Crippen molar-refractivity contribution >= 4 is 24.1 Å². The van der Waals surface area contributed by atoms with Crippen LogP contribution in [-0.4, -0.2) is 46.0 Å². The molecular formula is C18H21N3O3S. The fraction of sp³-hybridized carbons (Fsp3) is 0.389. The van der Waals surface area contributed by atoms with Crippen molar-refractivity contribution in [2.45, 2.75) is 20.3 Å². The van der Waals surface area contributed by atoms with Crippen molar-refractivity contribution in [3.63, 3.8) is 0 Å². The number of para-hydroxylation sites is 1. The Balaban J connectivity index is 1.86. The lowest BCUT2D eigenvalue weighted by Gasteiger charge is -2.22. The van der Waals surface area contributed by atoms with Crippen molar-refractivity contribution in [2.24, 2.45) is 5.41 Å². The van der Waals surface area contributed by atoms with Gasteiger partial charge in [-0.1, -0.05) is 18.2 Å². The van der Waals surface area contributed by atoms with Crippen LogP contribution in [0.2, 0.25) is 0 Å². The molecule has 1 fully saturated rings. The number of aromatic nitrogens is 2. The summed E-state index contributed by atoms with van der Waals surface area (Å²) in [6.07, 6.45) is 2.21. The van der Waals surface area contributed by atoms with Crippen LogP contribution in [0.15, 0.2) is 36.5 Å². The summed E-state index contributed by atoms with van der Waals surface area (Å²) in [6, 6.07) is 9.49. The quantitative estimate of drug-likeness (QED) is 0.673. The van der Waals surface area contributed by atoms with Gasteiger partial charge in [-0.15, -0.1) is 0 Å². The van der Waals surface area contributed by atoms with Gasteiger partial charge in [-0.2, -0.15) is 0 Å². The first kappa shape index (κ1) is 17.4. The van der Waals surface area contributed by atoms with E-state index >= 15 is 0 Å². The van der Waals surface area contributed by atoms with E-state index in [1.807, 2.05) is 37.3 Å². The van der Waals surface area contributed by atoms with Gasteiger partial charge in [0.1, 0.15) is 5.69 Å². The van der Waals surface area contributed by atoms with Gasteiger partial charge in [0.2, 0.25) is 0 Å². The number of esters is 1. The minimum atomic E-state index is -0.656. The molecule has 0 saturated carbocycles. The topological polar surface area (TPSA) is 67.3 Å². The summed E-state index contributed by atoms with van der Waals surface area (Å²) in [5.74, 6) is -0.400. The molecule has 1 aliphatic rings. The molecule has 0 unspecified atom stereocenters. The molecule has 1 aromatic carbocycles. The summed E-state index contributed by atoms with van der Waals surface area (Å²) < 4.78 is 7.33. The third-order valence-corrected chi connectivity index (χ3v) is 4.84. The number of aromatic amines is 1. The highest BCUT2D eigenvalue weighted by atomic mass is 32.1. The number of imidazole rings is 1. The molecule has 1 aliphatic heterocycles. The van der Waals surface area contributed by atoms with Crippen LogP contribution >= 0.6 is 12.2 Å². The van der Waals surface area contributed by atoms with Gasteiger partial charge in [-0.25, -0.2) is 0 Å². The number of nitrogens with zero attached hydrogens (tertiary/aromatic N) is 2. The van der Waals surface area contributed by atoms with Crippen molar-refractivity contribution < 1.29 is 14.3 Å². The van der Waals surface area contributed by atoms with Crippen LogP contribution in [0.5, 0.6) is 0 Å². The molecule has 3 rings (SSSR count). The molecule has 6 nitrogen and oxygen atoms in total. The molecule has 7 heteroatoms. The van der Waals surface area contributed by atoms with Crippen LogP contribution in [0.4, 0.5) is 0 Å². The third-order valence-electron chi connectivity index (χ3n) is 4.54. The van der Waals surface area contributed by atoms with Crippen molar-refractivity contribution in [1.29, 1.82) is 0 Å². The van der Waals surface area contributed by atoms with Gasteiger partial charge in [-0.3, -0.25) is 14.2 Å². The van der Waals surface area contributed by atoms with E-state index in [-0.39, 0.29) is 11.9 Å². The Morgan fingerprint density at radius 3 is 2.72 bits per heavy atom. The van der Waals surface area contributed by atoms with E-state index in [0.717, 1.165) is 5.69 Å². The smallest absolute Gasteiger partial charge is 0.313 e. The standard InChI is InChI=1S/C18H21N3O3S/c1-3-24-16(23)18(2)9-10-20(12-18)15(22)14-11-19-17(25)21(14)13-7-5-4-6-8-13/h4-8,11H,3,9-10,12H2,1-2H3,(H,19,25)/t18-/m0/s1. The van der Waals surface area contributed by atoms with Crippen LogP contribution in [0.3, 0.4) is 0 Å². The first-order valence-electron chi connectivity index (χ1n) is 8.28. The minimum absolute atomic E-state index is 0.149. The predicted octanol–water partition coefficient (Wildman–Crippen LogP) is 2.95. The van der Waals surface area contributed by atoms with E-state index in [2.05, 4.69) is 4.98 Å². The van der Waals surface area contributed by atoms with Crippen molar-refractivity contribution in [3.05, 3.63) is 47.0 Å². The van der Waals surface area contributed by atoms with E-state index in [4.69, 9.17) is 17.0 Å².